The number of hydrogen-bond acceptors (Lipinski definition) is 7. The number of amides is 2. The Balaban J connectivity index is 1.49. The van der Waals surface area contributed by atoms with Crippen LogP contribution in [-0.4, -0.2) is 103 Å². The van der Waals surface area contributed by atoms with Gasteiger partial charge < -0.3 is 24.5 Å². The number of nitrogens with one attached hydrogen (secondary N) is 2. The van der Waals surface area contributed by atoms with Crippen molar-refractivity contribution < 1.29 is 32.2 Å². The number of fused-ring (bicyclic) bond motifs is 1. The van der Waals surface area contributed by atoms with E-state index < -0.39 is 18.6 Å². The van der Waals surface area contributed by atoms with E-state index >= 15 is 0 Å². The number of pyridine rings is 2. The molecule has 13 heteroatoms. The van der Waals surface area contributed by atoms with Gasteiger partial charge in [0.1, 0.15) is 0 Å². The second-order valence-corrected chi connectivity index (χ2v) is 12.0. The van der Waals surface area contributed by atoms with Crippen LogP contribution in [0, 0.1) is 12.8 Å². The molecule has 4 atom stereocenters. The first-order chi connectivity index (χ1) is 21.4. The number of nitrogens with zero attached hydrogens (tertiary/aromatic N) is 4. The molecule has 0 aromatic carbocycles. The summed E-state index contributed by atoms with van der Waals surface area (Å²) in [7, 11) is 3.12. The van der Waals surface area contributed by atoms with Crippen molar-refractivity contribution in [2.45, 2.75) is 51.6 Å². The van der Waals surface area contributed by atoms with Crippen LogP contribution in [0.3, 0.4) is 0 Å². The van der Waals surface area contributed by atoms with Crippen molar-refractivity contribution in [3.8, 4) is 17.0 Å². The highest BCUT2D eigenvalue weighted by Gasteiger charge is 2.36. The van der Waals surface area contributed by atoms with Gasteiger partial charge in [0.05, 0.1) is 31.2 Å². The normalized spacial score (nSPS) is 22.3. The fourth-order valence-electron chi connectivity index (χ4n) is 6.66. The number of rotatable bonds is 9. The van der Waals surface area contributed by atoms with E-state index in [1.165, 1.54) is 4.90 Å². The molecule has 3 aromatic rings. The van der Waals surface area contributed by atoms with Gasteiger partial charge in [-0.05, 0) is 56.5 Å². The van der Waals surface area contributed by atoms with Crippen molar-refractivity contribution >= 4 is 17.3 Å². The van der Waals surface area contributed by atoms with E-state index in [-0.39, 0.29) is 36.5 Å². The Morgan fingerprint density at radius 3 is 2.58 bits per heavy atom. The first-order valence-corrected chi connectivity index (χ1v) is 15.2. The van der Waals surface area contributed by atoms with E-state index in [1.54, 1.807) is 20.4 Å². The van der Waals surface area contributed by atoms with Gasteiger partial charge in [-0.15, -0.1) is 0 Å². The molecule has 0 spiro atoms. The van der Waals surface area contributed by atoms with E-state index in [9.17, 15) is 22.8 Å². The summed E-state index contributed by atoms with van der Waals surface area (Å²) < 4.78 is 52.1. The van der Waals surface area contributed by atoms with E-state index in [4.69, 9.17) is 9.47 Å². The Morgan fingerprint density at radius 1 is 1.18 bits per heavy atom. The summed E-state index contributed by atoms with van der Waals surface area (Å²) in [5.74, 6) is -0.555. The van der Waals surface area contributed by atoms with Crippen molar-refractivity contribution in [2.24, 2.45) is 5.92 Å². The van der Waals surface area contributed by atoms with E-state index in [0.717, 1.165) is 27.9 Å². The lowest BCUT2D eigenvalue weighted by Gasteiger charge is -2.39. The van der Waals surface area contributed by atoms with Gasteiger partial charge in [-0.1, -0.05) is 0 Å². The van der Waals surface area contributed by atoms with Crippen LogP contribution in [0.25, 0.3) is 16.6 Å². The highest BCUT2D eigenvalue weighted by molar-refractivity contribution is 5.99. The van der Waals surface area contributed by atoms with Crippen molar-refractivity contribution in [2.75, 3.05) is 53.5 Å². The maximum Gasteiger partial charge on any atom is 0.401 e. The number of hydrogen-bond donors (Lipinski definition) is 2. The highest BCUT2D eigenvalue weighted by Crippen LogP contribution is 2.35. The summed E-state index contributed by atoms with van der Waals surface area (Å²) >= 11 is 0. The molecule has 2 fully saturated rings. The standard InChI is InChI=1S/C32H41F3N6O4/c1-19-14-27(44-4)25(31(43)38-19)17-37-30(42)24-16-26-23(22-6-8-36-28(15-22)45-5)7-9-41(26)29(20(24)2)21(3)40-12-10-39(11-13-40)18-32(33,34)35/h6-9,15-16,19,21,25,27H,10-14,17-18H2,1-5H3,(H,37,42)(H,38,43)/t19?,21-,25?,27?/m0/s1. The molecule has 3 aromatic heterocycles. The molecule has 2 N–H and O–H groups in total. The maximum atomic E-state index is 13.9. The number of piperidine rings is 1. The van der Waals surface area contributed by atoms with E-state index in [1.807, 2.05) is 51.2 Å². The van der Waals surface area contributed by atoms with Crippen LogP contribution in [0.5, 0.6) is 5.88 Å². The Morgan fingerprint density at radius 2 is 1.91 bits per heavy atom. The third-order valence-corrected chi connectivity index (χ3v) is 9.05. The molecule has 2 aliphatic rings. The van der Waals surface area contributed by atoms with E-state index in [2.05, 4.69) is 24.9 Å². The molecule has 3 unspecified atom stereocenters. The third kappa shape index (κ3) is 7.10. The van der Waals surface area contributed by atoms with Gasteiger partial charge in [0.15, 0.2) is 0 Å². The molecule has 5 heterocycles. The predicted molar refractivity (Wildman–Crippen MR) is 163 cm³/mol. The van der Waals surface area contributed by atoms with Gasteiger partial charge in [0.2, 0.25) is 11.8 Å². The summed E-state index contributed by atoms with van der Waals surface area (Å²) in [4.78, 5) is 34.4. The minimum Gasteiger partial charge on any atom is -0.481 e. The monoisotopic (exact) mass is 630 g/mol. The summed E-state index contributed by atoms with van der Waals surface area (Å²) in [5.41, 5.74) is 4.59. The van der Waals surface area contributed by atoms with Crippen molar-refractivity contribution in [1.82, 2.24) is 29.8 Å². The second-order valence-electron chi connectivity index (χ2n) is 12.0. The number of alkyl halides is 3. The average Bonchev–Trinajstić information content (AvgIpc) is 3.42. The van der Waals surface area contributed by atoms with Crippen LogP contribution >= 0.6 is 0 Å². The Kier molecular flexibility index (Phi) is 9.71. The SMILES string of the molecule is COc1cc(-c2ccn3c([C@H](C)N4CCN(CC(F)(F)F)CC4)c(C)c(C(=O)NCC4C(=O)NC(C)CC4OC)cc23)ccn1. The minimum atomic E-state index is -4.24. The molecule has 0 bridgehead atoms. The van der Waals surface area contributed by atoms with Crippen molar-refractivity contribution in [1.29, 1.82) is 0 Å². The van der Waals surface area contributed by atoms with Gasteiger partial charge in [0.25, 0.3) is 5.91 Å². The molecule has 0 radical (unpaired) electrons. The molecule has 2 aliphatic heterocycles. The van der Waals surface area contributed by atoms with Gasteiger partial charge in [0, 0.05) is 87.2 Å². The number of ether oxygens (including phenoxy) is 2. The number of carbonyl (C=O) groups is 2. The third-order valence-electron chi connectivity index (χ3n) is 9.05. The van der Waals surface area contributed by atoms with Crippen molar-refractivity contribution in [3.05, 3.63) is 53.5 Å². The summed E-state index contributed by atoms with van der Waals surface area (Å²) in [6.45, 7) is 6.52. The molecule has 2 amide bonds. The zero-order chi connectivity index (χ0) is 32.5. The maximum absolute atomic E-state index is 13.9. The minimum absolute atomic E-state index is 0.0157. The van der Waals surface area contributed by atoms with Gasteiger partial charge in [-0.2, -0.15) is 13.2 Å². The van der Waals surface area contributed by atoms with Gasteiger partial charge >= 0.3 is 6.18 Å². The average molecular weight is 631 g/mol. The van der Waals surface area contributed by atoms with Crippen LogP contribution in [0.4, 0.5) is 13.2 Å². The topological polar surface area (TPSA) is 100 Å². The molecule has 10 nitrogen and oxygen atoms in total. The molecule has 0 aliphatic carbocycles. The summed E-state index contributed by atoms with van der Waals surface area (Å²) in [6, 6.07) is 7.29. The first kappa shape index (κ1) is 32.7. The molecule has 0 saturated carbocycles. The summed E-state index contributed by atoms with van der Waals surface area (Å²) in [5, 5.41) is 5.92. The molecule has 5 rings (SSSR count). The van der Waals surface area contributed by atoms with Gasteiger partial charge in [-0.25, -0.2) is 4.98 Å². The number of halogens is 3. The van der Waals surface area contributed by atoms with Crippen LogP contribution < -0.4 is 15.4 Å². The number of carbonyl (C=O) groups excluding carboxylic acids is 2. The molecular weight excluding hydrogens is 589 g/mol. The summed E-state index contributed by atoms with van der Waals surface area (Å²) in [6.07, 6.45) is -0.298. The highest BCUT2D eigenvalue weighted by atomic mass is 19.4. The second kappa shape index (κ2) is 13.4. The Labute approximate surface area is 260 Å². The van der Waals surface area contributed by atoms with Crippen LogP contribution in [0.1, 0.15) is 47.9 Å². The lowest BCUT2D eigenvalue weighted by atomic mass is 9.91. The number of piperazine rings is 1. The molecule has 2 saturated heterocycles. The lowest BCUT2D eigenvalue weighted by molar-refractivity contribution is -0.149. The van der Waals surface area contributed by atoms with Crippen molar-refractivity contribution in [3.63, 3.8) is 0 Å². The Hall–Kier alpha value is -3.68. The fraction of sp³-hybridized carbons (Fsp3) is 0.531. The van der Waals surface area contributed by atoms with E-state index in [0.29, 0.717) is 44.0 Å². The zero-order valence-corrected chi connectivity index (χ0v) is 26.3. The predicted octanol–water partition coefficient (Wildman–Crippen LogP) is 3.83. The molecular formula is C32H41F3N6O4. The molecule has 244 valence electrons. The largest absolute Gasteiger partial charge is 0.481 e. The Bertz CT molecular complexity index is 1540. The number of methoxy groups -OCH3 is 2. The van der Waals surface area contributed by atoms with Crippen LogP contribution in [0.15, 0.2) is 36.7 Å². The quantitative estimate of drug-likeness (QED) is 0.371. The fourth-order valence-corrected chi connectivity index (χ4v) is 6.66. The smallest absolute Gasteiger partial charge is 0.401 e. The number of aromatic nitrogens is 2. The molecule has 45 heavy (non-hydrogen) atoms. The lowest BCUT2D eigenvalue weighted by Crippen LogP contribution is -2.53. The zero-order valence-electron chi connectivity index (χ0n) is 26.3. The van der Waals surface area contributed by atoms with Crippen LogP contribution in [0.2, 0.25) is 0 Å². The van der Waals surface area contributed by atoms with Gasteiger partial charge in [-0.3, -0.25) is 19.4 Å². The first-order valence-electron chi connectivity index (χ1n) is 15.2. The van der Waals surface area contributed by atoms with Crippen LogP contribution in [-0.2, 0) is 9.53 Å².